The Morgan fingerprint density at radius 3 is 2.80 bits per heavy atom. The maximum absolute atomic E-state index is 13.5. The van der Waals surface area contributed by atoms with Gasteiger partial charge >= 0.3 is 0 Å². The smallest absolute Gasteiger partial charge is 0.124 e. The molecule has 112 valence electrons. The number of hydrogen-bond donors (Lipinski definition) is 2. The van der Waals surface area contributed by atoms with Gasteiger partial charge in [-0.1, -0.05) is 15.9 Å². The lowest BCUT2D eigenvalue weighted by atomic mass is 9.97. The number of hydrazine groups is 1. The zero-order chi connectivity index (χ0) is 14.7. The lowest BCUT2D eigenvalue weighted by molar-refractivity contribution is 0.0876. The van der Waals surface area contributed by atoms with Gasteiger partial charge in [0, 0.05) is 36.2 Å². The van der Waals surface area contributed by atoms with Crippen molar-refractivity contribution < 1.29 is 4.39 Å². The van der Waals surface area contributed by atoms with Crippen LogP contribution in [0.4, 0.5) is 4.39 Å². The molecule has 1 fully saturated rings. The molecule has 0 aromatic heterocycles. The van der Waals surface area contributed by atoms with Gasteiger partial charge in [-0.3, -0.25) is 16.2 Å². The molecule has 3 N–H and O–H groups in total. The predicted octanol–water partition coefficient (Wildman–Crippen LogP) is 1.21. The van der Waals surface area contributed by atoms with E-state index < -0.39 is 0 Å². The summed E-state index contributed by atoms with van der Waals surface area (Å²) in [6.07, 6.45) is 0.704. The molecule has 1 aromatic rings. The SMILES string of the molecule is CN1CCN(C)C(C(Cc2cc(F)cc(Br)c2)NN)C1. The summed E-state index contributed by atoms with van der Waals surface area (Å²) in [6.45, 7) is 3.05. The minimum atomic E-state index is -0.223. The number of likely N-dealkylation sites (N-methyl/N-ethyl adjacent to an activating group) is 2. The van der Waals surface area contributed by atoms with E-state index in [2.05, 4.69) is 45.3 Å². The molecule has 2 unspecified atom stereocenters. The van der Waals surface area contributed by atoms with Crippen molar-refractivity contribution in [2.45, 2.75) is 18.5 Å². The van der Waals surface area contributed by atoms with Crippen LogP contribution >= 0.6 is 15.9 Å². The van der Waals surface area contributed by atoms with E-state index in [1.807, 2.05) is 6.07 Å². The minimum absolute atomic E-state index is 0.0939. The van der Waals surface area contributed by atoms with E-state index >= 15 is 0 Å². The molecule has 0 aliphatic carbocycles. The number of hydrogen-bond acceptors (Lipinski definition) is 4. The Balaban J connectivity index is 2.11. The maximum atomic E-state index is 13.5. The number of halogens is 2. The molecule has 1 aliphatic rings. The summed E-state index contributed by atoms with van der Waals surface area (Å²) in [6, 6.07) is 5.40. The predicted molar refractivity (Wildman–Crippen MR) is 82.8 cm³/mol. The molecular weight excluding hydrogens is 323 g/mol. The van der Waals surface area contributed by atoms with E-state index in [0.29, 0.717) is 12.5 Å². The van der Waals surface area contributed by atoms with Crippen molar-refractivity contribution >= 4 is 15.9 Å². The van der Waals surface area contributed by atoms with Crippen molar-refractivity contribution in [1.29, 1.82) is 0 Å². The molecule has 1 heterocycles. The van der Waals surface area contributed by atoms with Crippen molar-refractivity contribution in [1.82, 2.24) is 15.2 Å². The lowest BCUT2D eigenvalue weighted by Gasteiger charge is -2.41. The van der Waals surface area contributed by atoms with Crippen molar-refractivity contribution in [2.75, 3.05) is 33.7 Å². The number of piperazine rings is 1. The summed E-state index contributed by atoms with van der Waals surface area (Å²) >= 11 is 3.33. The zero-order valence-corrected chi connectivity index (χ0v) is 13.5. The van der Waals surface area contributed by atoms with E-state index in [9.17, 15) is 4.39 Å². The first-order valence-corrected chi connectivity index (χ1v) is 7.59. The molecule has 20 heavy (non-hydrogen) atoms. The molecule has 0 radical (unpaired) electrons. The van der Waals surface area contributed by atoms with Gasteiger partial charge in [0.1, 0.15) is 5.82 Å². The molecule has 1 saturated heterocycles. The van der Waals surface area contributed by atoms with Gasteiger partial charge in [0.2, 0.25) is 0 Å². The van der Waals surface area contributed by atoms with E-state index in [-0.39, 0.29) is 11.9 Å². The van der Waals surface area contributed by atoms with Crippen LogP contribution in [0.5, 0.6) is 0 Å². The fourth-order valence-electron chi connectivity index (χ4n) is 2.77. The van der Waals surface area contributed by atoms with Crippen molar-refractivity contribution in [3.8, 4) is 0 Å². The van der Waals surface area contributed by atoms with E-state index in [4.69, 9.17) is 5.84 Å². The number of benzene rings is 1. The van der Waals surface area contributed by atoms with E-state index in [0.717, 1.165) is 29.7 Å². The molecular formula is C14H22BrFN4. The van der Waals surface area contributed by atoms with Crippen molar-refractivity contribution in [3.05, 3.63) is 34.1 Å². The molecule has 2 rings (SSSR count). The van der Waals surface area contributed by atoms with Crippen LogP contribution in [0.2, 0.25) is 0 Å². The van der Waals surface area contributed by atoms with Gasteiger partial charge < -0.3 is 4.90 Å². The van der Waals surface area contributed by atoms with Gasteiger partial charge in [0.25, 0.3) is 0 Å². The standard InChI is InChI=1S/C14H22BrFN4/c1-19-3-4-20(2)14(9-19)13(18-17)7-10-5-11(15)8-12(16)6-10/h5-6,8,13-14,18H,3-4,7,9,17H2,1-2H3. The molecule has 4 nitrogen and oxygen atoms in total. The third kappa shape index (κ3) is 3.99. The Morgan fingerprint density at radius 2 is 2.15 bits per heavy atom. The molecule has 1 aliphatic heterocycles. The van der Waals surface area contributed by atoms with Crippen LogP contribution in [0, 0.1) is 5.82 Å². The van der Waals surface area contributed by atoms with E-state index in [1.165, 1.54) is 6.07 Å². The topological polar surface area (TPSA) is 44.5 Å². The summed E-state index contributed by atoms with van der Waals surface area (Å²) in [5, 5.41) is 0. The highest BCUT2D eigenvalue weighted by atomic mass is 79.9. The highest BCUT2D eigenvalue weighted by Crippen LogP contribution is 2.19. The highest BCUT2D eigenvalue weighted by Gasteiger charge is 2.29. The highest BCUT2D eigenvalue weighted by molar-refractivity contribution is 9.10. The Labute approximate surface area is 128 Å². The second kappa shape index (κ2) is 6.95. The summed E-state index contributed by atoms with van der Waals surface area (Å²) < 4.78 is 14.2. The fraction of sp³-hybridized carbons (Fsp3) is 0.571. The second-order valence-corrected chi connectivity index (χ2v) is 6.48. The minimum Gasteiger partial charge on any atom is -0.303 e. The van der Waals surface area contributed by atoms with Crippen molar-refractivity contribution in [3.63, 3.8) is 0 Å². The molecule has 2 atom stereocenters. The third-order valence-corrected chi connectivity index (χ3v) is 4.41. The summed E-state index contributed by atoms with van der Waals surface area (Å²) in [7, 11) is 4.23. The van der Waals surface area contributed by atoms with Crippen LogP contribution in [-0.2, 0) is 6.42 Å². The molecule has 1 aromatic carbocycles. The molecule has 6 heteroatoms. The maximum Gasteiger partial charge on any atom is 0.124 e. The summed E-state index contributed by atoms with van der Waals surface area (Å²) in [5.74, 6) is 5.51. The first kappa shape index (κ1) is 15.9. The van der Waals surface area contributed by atoms with Crippen LogP contribution < -0.4 is 11.3 Å². The Kier molecular flexibility index (Phi) is 5.51. The number of rotatable bonds is 4. The average Bonchev–Trinajstić information content (AvgIpc) is 2.38. The van der Waals surface area contributed by atoms with Gasteiger partial charge in [-0.05, 0) is 44.3 Å². The fourth-order valence-corrected chi connectivity index (χ4v) is 3.28. The van der Waals surface area contributed by atoms with Crippen LogP contribution in [-0.4, -0.2) is 55.6 Å². The summed E-state index contributed by atoms with van der Waals surface area (Å²) in [5.41, 5.74) is 3.85. The van der Waals surface area contributed by atoms with E-state index in [1.54, 1.807) is 6.07 Å². The number of nitrogens with one attached hydrogen (secondary N) is 1. The first-order valence-electron chi connectivity index (χ1n) is 6.79. The normalized spacial score (nSPS) is 22.9. The molecule has 0 saturated carbocycles. The Bertz CT molecular complexity index is 437. The van der Waals surface area contributed by atoms with Crippen LogP contribution in [0.1, 0.15) is 5.56 Å². The molecule has 0 spiro atoms. The third-order valence-electron chi connectivity index (χ3n) is 3.96. The lowest BCUT2D eigenvalue weighted by Crippen LogP contribution is -2.60. The Morgan fingerprint density at radius 1 is 1.40 bits per heavy atom. The van der Waals surface area contributed by atoms with Crippen LogP contribution in [0.25, 0.3) is 0 Å². The van der Waals surface area contributed by atoms with Crippen LogP contribution in [0.15, 0.2) is 22.7 Å². The van der Waals surface area contributed by atoms with Crippen LogP contribution in [0.3, 0.4) is 0 Å². The second-order valence-electron chi connectivity index (χ2n) is 5.57. The quantitative estimate of drug-likeness (QED) is 0.636. The van der Waals surface area contributed by atoms with Gasteiger partial charge in [0.15, 0.2) is 0 Å². The monoisotopic (exact) mass is 344 g/mol. The number of nitrogens with zero attached hydrogens (tertiary/aromatic N) is 2. The molecule has 0 amide bonds. The number of nitrogens with two attached hydrogens (primary N) is 1. The van der Waals surface area contributed by atoms with Gasteiger partial charge in [-0.15, -0.1) is 0 Å². The van der Waals surface area contributed by atoms with Gasteiger partial charge in [0.05, 0.1) is 0 Å². The average molecular weight is 345 g/mol. The summed E-state index contributed by atoms with van der Waals surface area (Å²) in [4.78, 5) is 4.62. The van der Waals surface area contributed by atoms with Gasteiger partial charge in [-0.2, -0.15) is 0 Å². The Hall–Kier alpha value is -0.530. The zero-order valence-electron chi connectivity index (χ0n) is 11.9. The molecule has 0 bridgehead atoms. The first-order chi connectivity index (χ1) is 9.49. The van der Waals surface area contributed by atoms with Crippen molar-refractivity contribution in [2.24, 2.45) is 5.84 Å². The van der Waals surface area contributed by atoms with Gasteiger partial charge in [-0.25, -0.2) is 4.39 Å². The largest absolute Gasteiger partial charge is 0.303 e.